The van der Waals surface area contributed by atoms with Crippen LogP contribution in [0.15, 0.2) is 80.8 Å². The highest BCUT2D eigenvalue weighted by Crippen LogP contribution is 2.28. The molecule has 0 aliphatic carbocycles. The summed E-state index contributed by atoms with van der Waals surface area (Å²) < 4.78 is 18.1. The molecule has 0 saturated heterocycles. The molecule has 0 fully saturated rings. The van der Waals surface area contributed by atoms with Crippen LogP contribution in [0.2, 0.25) is 0 Å². The topological polar surface area (TPSA) is 86.2 Å². The Morgan fingerprint density at radius 2 is 1.73 bits per heavy atom. The Balaban J connectivity index is 1.60. The molecule has 1 unspecified atom stereocenters. The second-order valence-corrected chi connectivity index (χ2v) is 8.59. The molecule has 170 valence electrons. The monoisotopic (exact) mass is 574 g/mol. The average molecular weight is 576 g/mol. The number of ether oxygens (including phenoxy) is 3. The molecule has 7 nitrogen and oxygen atoms in total. The van der Waals surface area contributed by atoms with Crippen molar-refractivity contribution in [2.45, 2.75) is 13.0 Å². The van der Waals surface area contributed by atoms with Crippen LogP contribution in [0.1, 0.15) is 22.8 Å². The molecular weight excluding hydrogens is 556 g/mol. The van der Waals surface area contributed by atoms with Crippen molar-refractivity contribution < 1.29 is 23.8 Å². The van der Waals surface area contributed by atoms with E-state index < -0.39 is 18.0 Å². The highest BCUT2D eigenvalue weighted by Gasteiger charge is 2.15. The van der Waals surface area contributed by atoms with Crippen molar-refractivity contribution in [3.63, 3.8) is 0 Å². The van der Waals surface area contributed by atoms with Gasteiger partial charge < -0.3 is 14.2 Å². The number of carbonyl (C=O) groups is 2. The first-order valence-electron chi connectivity index (χ1n) is 9.76. The second-order valence-electron chi connectivity index (χ2n) is 6.76. The Morgan fingerprint density at radius 1 is 0.970 bits per heavy atom. The van der Waals surface area contributed by atoms with Crippen LogP contribution in [0.5, 0.6) is 17.2 Å². The van der Waals surface area contributed by atoms with E-state index in [2.05, 4.69) is 42.4 Å². The number of carbonyl (C=O) groups excluding carboxylic acids is 2. The molecule has 1 amide bonds. The molecule has 0 radical (unpaired) electrons. The fourth-order valence-electron chi connectivity index (χ4n) is 2.66. The maximum Gasteiger partial charge on any atom is 0.343 e. The summed E-state index contributed by atoms with van der Waals surface area (Å²) in [7, 11) is 1.47. The largest absolute Gasteiger partial charge is 0.493 e. The molecule has 0 bridgehead atoms. The molecule has 3 aromatic rings. The third kappa shape index (κ3) is 7.16. The third-order valence-electron chi connectivity index (χ3n) is 4.33. The number of benzene rings is 3. The van der Waals surface area contributed by atoms with E-state index in [-0.39, 0.29) is 5.75 Å². The first-order valence-corrected chi connectivity index (χ1v) is 11.3. The van der Waals surface area contributed by atoms with Crippen LogP contribution in [0.25, 0.3) is 0 Å². The van der Waals surface area contributed by atoms with Crippen molar-refractivity contribution in [3.05, 3.63) is 86.8 Å². The van der Waals surface area contributed by atoms with Gasteiger partial charge in [-0.3, -0.25) is 4.79 Å². The molecule has 3 aromatic carbocycles. The van der Waals surface area contributed by atoms with E-state index in [1.807, 2.05) is 18.2 Å². The lowest BCUT2D eigenvalue weighted by Gasteiger charge is -2.13. The predicted molar refractivity (Wildman–Crippen MR) is 132 cm³/mol. The van der Waals surface area contributed by atoms with Crippen LogP contribution in [0, 0.1) is 0 Å². The van der Waals surface area contributed by atoms with Crippen LogP contribution in [-0.2, 0) is 4.79 Å². The Labute approximate surface area is 208 Å². The lowest BCUT2D eigenvalue weighted by atomic mass is 10.2. The van der Waals surface area contributed by atoms with E-state index in [9.17, 15) is 9.59 Å². The van der Waals surface area contributed by atoms with Crippen LogP contribution in [0.4, 0.5) is 0 Å². The van der Waals surface area contributed by atoms with Crippen LogP contribution in [-0.4, -0.2) is 31.3 Å². The molecule has 9 heteroatoms. The summed E-state index contributed by atoms with van der Waals surface area (Å²) in [5.74, 6) is 0.270. The minimum atomic E-state index is -0.738. The Hall–Kier alpha value is -3.17. The van der Waals surface area contributed by atoms with Gasteiger partial charge in [0, 0.05) is 8.95 Å². The molecule has 1 atom stereocenters. The summed E-state index contributed by atoms with van der Waals surface area (Å²) in [4.78, 5) is 24.6. The smallest absolute Gasteiger partial charge is 0.343 e. The number of rotatable bonds is 8. The Kier molecular flexibility index (Phi) is 8.62. The van der Waals surface area contributed by atoms with E-state index in [1.54, 1.807) is 55.5 Å². The molecule has 0 aliphatic rings. The zero-order valence-corrected chi connectivity index (χ0v) is 20.9. The van der Waals surface area contributed by atoms with E-state index in [4.69, 9.17) is 14.2 Å². The SMILES string of the molecule is COc1cc(/C=N/NC(=O)C(C)Oc2ccc(Br)cc2)ccc1OC(=O)c1cccc(Br)c1. The number of methoxy groups -OCH3 is 1. The van der Waals surface area contributed by atoms with Gasteiger partial charge in [0.05, 0.1) is 18.9 Å². The van der Waals surface area contributed by atoms with Gasteiger partial charge in [-0.1, -0.05) is 37.9 Å². The zero-order chi connectivity index (χ0) is 23.8. The normalized spacial score (nSPS) is 11.6. The van der Waals surface area contributed by atoms with Crippen molar-refractivity contribution in [1.29, 1.82) is 0 Å². The quantitative estimate of drug-likeness (QED) is 0.169. The van der Waals surface area contributed by atoms with Crippen molar-refractivity contribution in [3.8, 4) is 17.2 Å². The van der Waals surface area contributed by atoms with Crippen molar-refractivity contribution in [1.82, 2.24) is 5.43 Å². The molecule has 0 aromatic heterocycles. The fraction of sp³-hybridized carbons (Fsp3) is 0.125. The van der Waals surface area contributed by atoms with Gasteiger partial charge in [0.2, 0.25) is 0 Å². The van der Waals surface area contributed by atoms with Gasteiger partial charge in [-0.05, 0) is 73.2 Å². The molecule has 33 heavy (non-hydrogen) atoms. The molecule has 0 aliphatic heterocycles. The van der Waals surface area contributed by atoms with E-state index in [1.165, 1.54) is 13.3 Å². The molecule has 3 rings (SSSR count). The fourth-order valence-corrected chi connectivity index (χ4v) is 3.32. The second kappa shape index (κ2) is 11.6. The van der Waals surface area contributed by atoms with Gasteiger partial charge in [0.1, 0.15) is 5.75 Å². The first-order chi connectivity index (χ1) is 15.9. The highest BCUT2D eigenvalue weighted by atomic mass is 79.9. The summed E-state index contributed by atoms with van der Waals surface area (Å²) in [5, 5.41) is 3.96. The summed E-state index contributed by atoms with van der Waals surface area (Å²) in [6.45, 7) is 1.63. The standard InChI is InChI=1S/C24H20Br2N2O5/c1-15(32-20-9-7-18(25)8-10-20)23(29)28-27-14-16-6-11-21(22(12-16)31-2)33-24(30)17-4-3-5-19(26)13-17/h3-15H,1-2H3,(H,28,29)/b27-14+. The summed E-state index contributed by atoms with van der Waals surface area (Å²) >= 11 is 6.68. The van der Waals surface area contributed by atoms with Crippen LogP contribution < -0.4 is 19.6 Å². The minimum Gasteiger partial charge on any atom is -0.493 e. The molecule has 1 N–H and O–H groups in total. The summed E-state index contributed by atoms with van der Waals surface area (Å²) in [6.07, 6.45) is 0.713. The van der Waals surface area contributed by atoms with Crippen molar-refractivity contribution in [2.24, 2.45) is 5.10 Å². The Morgan fingerprint density at radius 3 is 2.42 bits per heavy atom. The molecule has 0 heterocycles. The number of amides is 1. The number of hydrogen-bond acceptors (Lipinski definition) is 6. The number of nitrogens with one attached hydrogen (secondary N) is 1. The van der Waals surface area contributed by atoms with Gasteiger partial charge in [0.15, 0.2) is 17.6 Å². The van der Waals surface area contributed by atoms with Crippen molar-refractivity contribution >= 4 is 50.0 Å². The van der Waals surface area contributed by atoms with E-state index >= 15 is 0 Å². The van der Waals surface area contributed by atoms with E-state index in [0.29, 0.717) is 22.6 Å². The Bertz CT molecular complexity index is 1170. The van der Waals surface area contributed by atoms with Gasteiger partial charge >= 0.3 is 5.97 Å². The van der Waals surface area contributed by atoms with Crippen LogP contribution in [0.3, 0.4) is 0 Å². The maximum absolute atomic E-state index is 12.4. The number of hydrazone groups is 1. The lowest BCUT2D eigenvalue weighted by Crippen LogP contribution is -2.33. The van der Waals surface area contributed by atoms with Gasteiger partial charge in [-0.2, -0.15) is 5.10 Å². The third-order valence-corrected chi connectivity index (χ3v) is 5.36. The minimum absolute atomic E-state index is 0.264. The van der Waals surface area contributed by atoms with Crippen molar-refractivity contribution in [2.75, 3.05) is 7.11 Å². The highest BCUT2D eigenvalue weighted by molar-refractivity contribution is 9.10. The van der Waals surface area contributed by atoms with Gasteiger partial charge in [0.25, 0.3) is 5.91 Å². The number of nitrogens with zero attached hydrogens (tertiary/aromatic N) is 1. The van der Waals surface area contributed by atoms with E-state index in [0.717, 1.165) is 8.95 Å². The maximum atomic E-state index is 12.4. The molecule has 0 spiro atoms. The summed E-state index contributed by atoms with van der Waals surface area (Å²) in [5.41, 5.74) is 3.48. The number of hydrogen-bond donors (Lipinski definition) is 1. The zero-order valence-electron chi connectivity index (χ0n) is 17.7. The average Bonchev–Trinajstić information content (AvgIpc) is 2.81. The molecular formula is C24H20Br2N2O5. The summed E-state index contributed by atoms with van der Waals surface area (Å²) in [6, 6.07) is 19.0. The lowest BCUT2D eigenvalue weighted by molar-refractivity contribution is -0.127. The predicted octanol–water partition coefficient (Wildman–Crippen LogP) is 5.36. The molecule has 0 saturated carbocycles. The first kappa shape index (κ1) is 24.5. The number of halogens is 2. The van der Waals surface area contributed by atoms with Gasteiger partial charge in [-0.25, -0.2) is 10.2 Å². The number of esters is 1. The van der Waals surface area contributed by atoms with Crippen LogP contribution >= 0.6 is 31.9 Å². The van der Waals surface area contributed by atoms with Gasteiger partial charge in [-0.15, -0.1) is 0 Å².